The van der Waals surface area contributed by atoms with Crippen molar-refractivity contribution >= 4 is 0 Å². The maximum atomic E-state index is 5.68. The third-order valence-electron chi connectivity index (χ3n) is 4.56. The van der Waals surface area contributed by atoms with Crippen molar-refractivity contribution in [2.75, 3.05) is 26.6 Å². The van der Waals surface area contributed by atoms with Gasteiger partial charge in [0.05, 0.1) is 18.6 Å². The zero-order valence-corrected chi connectivity index (χ0v) is 14.0. The summed E-state index contributed by atoms with van der Waals surface area (Å²) >= 11 is 0. The number of imidazole rings is 1. The van der Waals surface area contributed by atoms with Gasteiger partial charge in [-0.3, -0.25) is 4.90 Å². The molecule has 128 valence electrons. The SMILES string of the molecule is CCOCC1CN(Cc2ccc3c(c2)OCO3)Cc2cncn2C1. The van der Waals surface area contributed by atoms with E-state index in [1.54, 1.807) is 0 Å². The van der Waals surface area contributed by atoms with Gasteiger partial charge in [0, 0.05) is 44.9 Å². The van der Waals surface area contributed by atoms with Crippen LogP contribution in [-0.4, -0.2) is 41.0 Å². The number of hydrogen-bond acceptors (Lipinski definition) is 5. The fraction of sp³-hybridized carbons (Fsp3) is 0.500. The highest BCUT2D eigenvalue weighted by atomic mass is 16.7. The van der Waals surface area contributed by atoms with Gasteiger partial charge >= 0.3 is 0 Å². The van der Waals surface area contributed by atoms with E-state index in [0.717, 1.165) is 50.9 Å². The van der Waals surface area contributed by atoms with Gasteiger partial charge in [0.25, 0.3) is 0 Å². The summed E-state index contributed by atoms with van der Waals surface area (Å²) < 4.78 is 18.8. The molecule has 4 rings (SSSR count). The molecular formula is C18H23N3O3. The van der Waals surface area contributed by atoms with E-state index in [-0.39, 0.29) is 0 Å². The lowest BCUT2D eigenvalue weighted by Crippen LogP contribution is -2.30. The third-order valence-corrected chi connectivity index (χ3v) is 4.56. The minimum atomic E-state index is 0.318. The molecule has 1 aromatic heterocycles. The zero-order chi connectivity index (χ0) is 16.4. The van der Waals surface area contributed by atoms with Crippen molar-refractivity contribution in [2.45, 2.75) is 26.6 Å². The first kappa shape index (κ1) is 15.5. The van der Waals surface area contributed by atoms with Crippen molar-refractivity contribution in [1.82, 2.24) is 14.5 Å². The molecule has 1 unspecified atom stereocenters. The molecule has 1 atom stereocenters. The molecule has 6 nitrogen and oxygen atoms in total. The Labute approximate surface area is 142 Å². The molecule has 24 heavy (non-hydrogen) atoms. The average Bonchev–Trinajstić information content (AvgIpc) is 3.18. The summed E-state index contributed by atoms with van der Waals surface area (Å²) in [7, 11) is 0. The summed E-state index contributed by atoms with van der Waals surface area (Å²) in [5, 5.41) is 0. The Hall–Kier alpha value is -2.05. The number of aromatic nitrogens is 2. The Bertz CT molecular complexity index is 701. The second-order valence-electron chi connectivity index (χ2n) is 6.42. The van der Waals surface area contributed by atoms with Crippen LogP contribution >= 0.6 is 0 Å². The Morgan fingerprint density at radius 1 is 1.25 bits per heavy atom. The lowest BCUT2D eigenvalue weighted by atomic mass is 10.1. The number of fused-ring (bicyclic) bond motifs is 2. The lowest BCUT2D eigenvalue weighted by molar-refractivity contribution is 0.0850. The molecular weight excluding hydrogens is 306 g/mol. The van der Waals surface area contributed by atoms with E-state index in [9.17, 15) is 0 Å². The van der Waals surface area contributed by atoms with Gasteiger partial charge in [0.1, 0.15) is 0 Å². The van der Waals surface area contributed by atoms with Crippen molar-refractivity contribution in [3.05, 3.63) is 42.0 Å². The van der Waals surface area contributed by atoms with Crippen LogP contribution in [0.15, 0.2) is 30.7 Å². The van der Waals surface area contributed by atoms with Gasteiger partial charge in [-0.05, 0) is 24.6 Å². The summed E-state index contributed by atoms with van der Waals surface area (Å²) in [5.74, 6) is 2.15. The predicted octanol–water partition coefficient (Wildman–Crippen LogP) is 2.28. The minimum Gasteiger partial charge on any atom is -0.454 e. The van der Waals surface area contributed by atoms with E-state index < -0.39 is 0 Å². The number of rotatable bonds is 5. The molecule has 2 aromatic rings. The molecule has 2 aliphatic rings. The Morgan fingerprint density at radius 3 is 3.08 bits per heavy atom. The maximum absolute atomic E-state index is 5.68. The summed E-state index contributed by atoms with van der Waals surface area (Å²) in [6, 6.07) is 6.20. The van der Waals surface area contributed by atoms with Crippen LogP contribution in [-0.2, 0) is 24.4 Å². The van der Waals surface area contributed by atoms with Crippen molar-refractivity contribution < 1.29 is 14.2 Å². The lowest BCUT2D eigenvalue weighted by Gasteiger charge is -2.24. The highest BCUT2D eigenvalue weighted by molar-refractivity contribution is 5.44. The van der Waals surface area contributed by atoms with E-state index in [2.05, 4.69) is 26.6 Å². The number of ether oxygens (including phenoxy) is 3. The molecule has 0 N–H and O–H groups in total. The number of hydrogen-bond donors (Lipinski definition) is 0. The molecule has 2 aliphatic heterocycles. The monoisotopic (exact) mass is 329 g/mol. The van der Waals surface area contributed by atoms with Crippen LogP contribution in [0.3, 0.4) is 0 Å². The summed E-state index contributed by atoms with van der Waals surface area (Å²) in [4.78, 5) is 6.77. The Balaban J connectivity index is 1.50. The molecule has 6 heteroatoms. The summed E-state index contributed by atoms with van der Waals surface area (Å²) in [5.41, 5.74) is 2.50. The van der Waals surface area contributed by atoms with Crippen molar-refractivity contribution in [3.8, 4) is 11.5 Å². The topological polar surface area (TPSA) is 48.8 Å². The van der Waals surface area contributed by atoms with Crippen LogP contribution in [0.4, 0.5) is 0 Å². The van der Waals surface area contributed by atoms with Gasteiger partial charge < -0.3 is 18.8 Å². The van der Waals surface area contributed by atoms with Crippen LogP contribution in [0.25, 0.3) is 0 Å². The zero-order valence-electron chi connectivity index (χ0n) is 14.0. The second-order valence-corrected chi connectivity index (χ2v) is 6.42. The summed E-state index contributed by atoms with van der Waals surface area (Å²) in [6.45, 7) is 7.66. The second kappa shape index (κ2) is 6.83. The van der Waals surface area contributed by atoms with E-state index in [1.807, 2.05) is 25.5 Å². The summed E-state index contributed by atoms with van der Waals surface area (Å²) in [6.07, 6.45) is 3.90. The highest BCUT2D eigenvalue weighted by Gasteiger charge is 2.23. The van der Waals surface area contributed by atoms with Gasteiger partial charge in [-0.1, -0.05) is 6.07 Å². The molecule has 0 spiro atoms. The van der Waals surface area contributed by atoms with Crippen LogP contribution in [0.1, 0.15) is 18.2 Å². The van der Waals surface area contributed by atoms with Crippen LogP contribution < -0.4 is 9.47 Å². The molecule has 0 saturated carbocycles. The Morgan fingerprint density at radius 2 is 2.17 bits per heavy atom. The first-order valence-electron chi connectivity index (χ1n) is 8.49. The predicted molar refractivity (Wildman–Crippen MR) is 88.9 cm³/mol. The third kappa shape index (κ3) is 3.25. The van der Waals surface area contributed by atoms with Crippen molar-refractivity contribution in [1.29, 1.82) is 0 Å². The Kier molecular flexibility index (Phi) is 4.40. The van der Waals surface area contributed by atoms with Crippen molar-refractivity contribution in [2.24, 2.45) is 5.92 Å². The van der Waals surface area contributed by atoms with Gasteiger partial charge in [-0.2, -0.15) is 0 Å². The molecule has 0 bridgehead atoms. The maximum Gasteiger partial charge on any atom is 0.231 e. The van der Waals surface area contributed by atoms with Gasteiger partial charge in [0.15, 0.2) is 11.5 Å². The first-order chi connectivity index (χ1) is 11.8. The molecule has 3 heterocycles. The number of nitrogens with zero attached hydrogens (tertiary/aromatic N) is 3. The van der Waals surface area contributed by atoms with E-state index in [4.69, 9.17) is 14.2 Å². The molecule has 0 fully saturated rings. The fourth-order valence-electron chi connectivity index (χ4n) is 3.45. The molecule has 0 saturated heterocycles. The quantitative estimate of drug-likeness (QED) is 0.842. The van der Waals surface area contributed by atoms with E-state index in [0.29, 0.717) is 12.7 Å². The first-order valence-corrected chi connectivity index (χ1v) is 8.49. The number of benzene rings is 1. The van der Waals surface area contributed by atoms with E-state index in [1.165, 1.54) is 11.3 Å². The molecule has 0 radical (unpaired) electrons. The standard InChI is InChI=1S/C18H23N3O3/c1-2-22-11-15-8-20(10-16-6-19-12-21(16)9-15)7-14-3-4-17-18(5-14)24-13-23-17/h3-6,12,15H,2,7-11,13H2,1H3. The molecule has 0 amide bonds. The van der Waals surface area contributed by atoms with Gasteiger partial charge in [0.2, 0.25) is 6.79 Å². The van der Waals surface area contributed by atoms with Crippen LogP contribution in [0, 0.1) is 5.92 Å². The average molecular weight is 329 g/mol. The normalized spacial score (nSPS) is 20.0. The van der Waals surface area contributed by atoms with Crippen LogP contribution in [0.5, 0.6) is 11.5 Å². The van der Waals surface area contributed by atoms with E-state index >= 15 is 0 Å². The largest absolute Gasteiger partial charge is 0.454 e. The fourth-order valence-corrected chi connectivity index (χ4v) is 3.45. The minimum absolute atomic E-state index is 0.318. The molecule has 1 aromatic carbocycles. The smallest absolute Gasteiger partial charge is 0.231 e. The molecule has 0 aliphatic carbocycles. The van der Waals surface area contributed by atoms with Crippen molar-refractivity contribution in [3.63, 3.8) is 0 Å². The van der Waals surface area contributed by atoms with Gasteiger partial charge in [-0.15, -0.1) is 0 Å². The van der Waals surface area contributed by atoms with Crippen LogP contribution in [0.2, 0.25) is 0 Å². The highest BCUT2D eigenvalue weighted by Crippen LogP contribution is 2.33. The van der Waals surface area contributed by atoms with Gasteiger partial charge in [-0.25, -0.2) is 4.98 Å².